The lowest BCUT2D eigenvalue weighted by molar-refractivity contribution is 1.79. The Morgan fingerprint density at radius 1 is 0.267 bits per heavy atom. The van der Waals surface area contributed by atoms with E-state index in [4.69, 9.17) is 0 Å². The minimum atomic E-state index is 1.31. The highest BCUT2D eigenvalue weighted by atomic mass is 14.2. The van der Waals surface area contributed by atoms with Crippen molar-refractivity contribution in [3.8, 4) is 0 Å². The molecule has 136 valence electrons. The second-order valence-corrected chi connectivity index (χ2v) is 8.53. The van der Waals surface area contributed by atoms with E-state index in [1.807, 2.05) is 0 Å². The van der Waals surface area contributed by atoms with Gasteiger partial charge in [0.25, 0.3) is 0 Å². The van der Waals surface area contributed by atoms with Crippen LogP contribution in [-0.4, -0.2) is 0 Å². The lowest BCUT2D eigenvalue weighted by Crippen LogP contribution is -1.92. The quantitative estimate of drug-likeness (QED) is 0.183. The fraction of sp³-hybridized carbons (Fsp3) is 0. The molecule has 8 aromatic carbocycles. The van der Waals surface area contributed by atoms with Crippen LogP contribution in [0, 0.1) is 0 Å². The van der Waals surface area contributed by atoms with Crippen molar-refractivity contribution in [3.63, 3.8) is 0 Å². The topological polar surface area (TPSA) is 0 Å². The summed E-state index contributed by atoms with van der Waals surface area (Å²) in [5, 5.41) is 19.1. The van der Waals surface area contributed by atoms with E-state index in [2.05, 4.69) is 97.1 Å². The van der Waals surface area contributed by atoms with Crippen molar-refractivity contribution in [1.82, 2.24) is 0 Å². The van der Waals surface area contributed by atoms with Gasteiger partial charge in [-0.1, -0.05) is 84.9 Å². The summed E-state index contributed by atoms with van der Waals surface area (Å²) < 4.78 is 0. The second-order valence-electron chi connectivity index (χ2n) is 8.53. The first-order valence-corrected chi connectivity index (χ1v) is 10.5. The largest absolute Gasteiger partial charge is 0.0616 e. The van der Waals surface area contributed by atoms with E-state index in [0.29, 0.717) is 0 Å². The maximum absolute atomic E-state index is 2.36. The summed E-state index contributed by atoms with van der Waals surface area (Å²) in [6.45, 7) is 0. The van der Waals surface area contributed by atoms with Gasteiger partial charge < -0.3 is 0 Å². The Bertz CT molecular complexity index is 1800. The zero-order valence-corrected chi connectivity index (χ0v) is 16.2. The van der Waals surface area contributed by atoms with Crippen molar-refractivity contribution in [2.24, 2.45) is 0 Å². The van der Waals surface area contributed by atoms with Crippen LogP contribution in [0.1, 0.15) is 0 Å². The van der Waals surface area contributed by atoms with E-state index in [-0.39, 0.29) is 0 Å². The van der Waals surface area contributed by atoms with E-state index in [1.165, 1.54) is 75.4 Å². The van der Waals surface area contributed by atoms with Crippen molar-refractivity contribution in [1.29, 1.82) is 0 Å². The molecule has 0 fully saturated rings. The molecule has 0 atom stereocenters. The van der Waals surface area contributed by atoms with Crippen LogP contribution in [-0.2, 0) is 0 Å². The summed E-state index contributed by atoms with van der Waals surface area (Å²) in [5.74, 6) is 0. The Hall–Kier alpha value is -3.90. The van der Waals surface area contributed by atoms with Crippen LogP contribution in [0.2, 0.25) is 0 Å². The molecule has 8 rings (SSSR count). The zero-order valence-electron chi connectivity index (χ0n) is 16.2. The molecular weight excluding hydrogens is 360 g/mol. The number of benzene rings is 8. The Morgan fingerprint density at radius 3 is 1.10 bits per heavy atom. The van der Waals surface area contributed by atoms with Gasteiger partial charge >= 0.3 is 0 Å². The van der Waals surface area contributed by atoms with E-state index >= 15 is 0 Å². The molecule has 0 aliphatic carbocycles. The molecule has 0 N–H and O–H groups in total. The summed E-state index contributed by atoms with van der Waals surface area (Å²) in [6, 6.07) is 36.2. The van der Waals surface area contributed by atoms with Crippen LogP contribution in [0.3, 0.4) is 0 Å². The van der Waals surface area contributed by atoms with E-state index in [1.54, 1.807) is 0 Å². The smallest absolute Gasteiger partial charge is 0.000763 e. The second kappa shape index (κ2) is 4.98. The number of fused-ring (bicyclic) bond motifs is 5. The van der Waals surface area contributed by atoms with E-state index in [9.17, 15) is 0 Å². The van der Waals surface area contributed by atoms with E-state index < -0.39 is 0 Å². The minimum Gasteiger partial charge on any atom is -0.0616 e. The molecule has 0 aliphatic heterocycles. The molecule has 0 saturated heterocycles. The highest BCUT2D eigenvalue weighted by molar-refractivity contribution is 6.46. The molecular formula is C30H16. The highest BCUT2D eigenvalue weighted by Gasteiger charge is 2.20. The molecule has 0 spiro atoms. The van der Waals surface area contributed by atoms with Gasteiger partial charge in [0.2, 0.25) is 0 Å². The predicted octanol–water partition coefficient (Wildman–Crippen LogP) is 8.63. The number of hydrogen-bond donors (Lipinski definition) is 0. The first kappa shape index (κ1) is 15.0. The van der Waals surface area contributed by atoms with E-state index in [0.717, 1.165) is 0 Å². The Balaban J connectivity index is 1.93. The third-order valence-corrected chi connectivity index (χ3v) is 7.06. The average molecular weight is 376 g/mol. The molecule has 8 aromatic rings. The summed E-state index contributed by atoms with van der Waals surface area (Å²) in [4.78, 5) is 0. The highest BCUT2D eigenvalue weighted by Crippen LogP contribution is 2.49. The van der Waals surface area contributed by atoms with Gasteiger partial charge in [-0.15, -0.1) is 0 Å². The lowest BCUT2D eigenvalue weighted by atomic mass is 9.82. The van der Waals surface area contributed by atoms with Gasteiger partial charge in [0, 0.05) is 0 Å². The Morgan fingerprint density at radius 2 is 0.633 bits per heavy atom. The molecule has 0 aliphatic rings. The summed E-state index contributed by atoms with van der Waals surface area (Å²) in [6.07, 6.45) is 0. The molecule has 0 aromatic heterocycles. The van der Waals surface area contributed by atoms with Crippen LogP contribution in [0.25, 0.3) is 75.4 Å². The predicted molar refractivity (Wildman–Crippen MR) is 131 cm³/mol. The van der Waals surface area contributed by atoms with Crippen LogP contribution >= 0.6 is 0 Å². The van der Waals surface area contributed by atoms with Crippen LogP contribution in [0.5, 0.6) is 0 Å². The molecule has 0 nitrogen and oxygen atoms in total. The molecule has 0 amide bonds. The molecule has 0 bridgehead atoms. The Kier molecular flexibility index (Phi) is 2.49. The SMILES string of the molecule is c1ccc2c(c1)cc1ccc3ccc4ccc5cc6ccccc6c6c5c4c3c1c26. The van der Waals surface area contributed by atoms with Gasteiger partial charge in [-0.25, -0.2) is 0 Å². The number of rotatable bonds is 0. The molecule has 0 radical (unpaired) electrons. The van der Waals surface area contributed by atoms with Crippen molar-refractivity contribution < 1.29 is 0 Å². The summed E-state index contributed by atoms with van der Waals surface area (Å²) >= 11 is 0. The molecule has 0 heteroatoms. The molecule has 0 saturated carbocycles. The van der Waals surface area contributed by atoms with Gasteiger partial charge in [-0.3, -0.25) is 0 Å². The fourth-order valence-corrected chi connectivity index (χ4v) is 5.87. The van der Waals surface area contributed by atoms with Crippen molar-refractivity contribution in [2.45, 2.75) is 0 Å². The maximum Gasteiger partial charge on any atom is -0.000763 e. The number of hydrogen-bond acceptors (Lipinski definition) is 0. The molecule has 0 unspecified atom stereocenters. The van der Waals surface area contributed by atoms with Gasteiger partial charge in [-0.2, -0.15) is 0 Å². The van der Waals surface area contributed by atoms with Crippen LogP contribution < -0.4 is 0 Å². The summed E-state index contributed by atoms with van der Waals surface area (Å²) in [7, 11) is 0. The monoisotopic (exact) mass is 376 g/mol. The van der Waals surface area contributed by atoms with Gasteiger partial charge in [-0.05, 0) is 87.5 Å². The fourth-order valence-electron chi connectivity index (χ4n) is 5.87. The minimum absolute atomic E-state index is 1.31. The zero-order chi connectivity index (χ0) is 19.4. The van der Waals surface area contributed by atoms with Gasteiger partial charge in [0.15, 0.2) is 0 Å². The first-order valence-electron chi connectivity index (χ1n) is 10.5. The standard InChI is InChI=1S/C30H16/c1-3-7-23-19(5-1)15-21-13-11-17-9-10-18-12-14-22-16-20-6-2-4-8-24(20)30-28(22)26(18)25(17)27(21)29(23)30/h1-16H. The average Bonchev–Trinajstić information content (AvgIpc) is 2.81. The normalized spacial score (nSPS) is 12.7. The van der Waals surface area contributed by atoms with Gasteiger partial charge in [0.05, 0.1) is 0 Å². The van der Waals surface area contributed by atoms with Crippen LogP contribution in [0.4, 0.5) is 0 Å². The van der Waals surface area contributed by atoms with Gasteiger partial charge in [0.1, 0.15) is 0 Å². The molecule has 0 heterocycles. The van der Waals surface area contributed by atoms with Crippen molar-refractivity contribution in [3.05, 3.63) is 97.1 Å². The Labute approximate surface area is 172 Å². The summed E-state index contributed by atoms with van der Waals surface area (Å²) in [5.41, 5.74) is 0. The van der Waals surface area contributed by atoms with Crippen molar-refractivity contribution in [2.75, 3.05) is 0 Å². The maximum atomic E-state index is 2.36. The van der Waals surface area contributed by atoms with Crippen LogP contribution in [0.15, 0.2) is 97.1 Å². The molecule has 30 heavy (non-hydrogen) atoms. The third kappa shape index (κ3) is 1.62. The first-order chi connectivity index (χ1) is 14.9. The lowest BCUT2D eigenvalue weighted by Gasteiger charge is -2.20. The van der Waals surface area contributed by atoms with Crippen molar-refractivity contribution >= 4 is 75.4 Å². The third-order valence-electron chi connectivity index (χ3n) is 7.06.